The molecule has 4 unspecified atom stereocenters. The van der Waals surface area contributed by atoms with Gasteiger partial charge in [0, 0.05) is 4.83 Å². The van der Waals surface area contributed by atoms with Gasteiger partial charge in [0.15, 0.2) is 0 Å². The summed E-state index contributed by atoms with van der Waals surface area (Å²) in [7, 11) is 0. The number of aliphatic imine (C=N–C) groups is 1. The molecule has 4 atom stereocenters. The molecule has 0 spiro atoms. The Morgan fingerprint density at radius 2 is 2.09 bits per heavy atom. The quantitative estimate of drug-likeness (QED) is 0.374. The van der Waals surface area contributed by atoms with Crippen molar-refractivity contribution in [3.8, 4) is 0 Å². The van der Waals surface area contributed by atoms with Crippen LogP contribution in [0.25, 0.3) is 0 Å². The molecule has 2 rings (SSSR count). The van der Waals surface area contributed by atoms with Crippen LogP contribution in [-0.4, -0.2) is 16.9 Å². The van der Waals surface area contributed by atoms with Gasteiger partial charge in [0.25, 0.3) is 0 Å². The number of nitrogens with zero attached hydrogens (tertiary/aromatic N) is 1. The molecule has 0 radical (unpaired) electrons. The normalized spacial score (nSPS) is 47.4. The first kappa shape index (κ1) is 7.51. The van der Waals surface area contributed by atoms with Gasteiger partial charge in [-0.3, -0.25) is 0 Å². The topological polar surface area (TPSA) is 29.4 Å². The van der Waals surface area contributed by atoms with Crippen molar-refractivity contribution in [2.45, 2.75) is 30.1 Å². The second-order valence-electron chi connectivity index (χ2n) is 3.49. The second kappa shape index (κ2) is 2.72. The molecule has 2 nitrogen and oxygen atoms in total. The van der Waals surface area contributed by atoms with E-state index in [-0.39, 0.29) is 6.04 Å². The van der Waals surface area contributed by atoms with E-state index >= 15 is 0 Å². The first-order valence-corrected chi connectivity index (χ1v) is 4.95. The summed E-state index contributed by atoms with van der Waals surface area (Å²) in [6.45, 7) is 0. The lowest BCUT2D eigenvalue weighted by Crippen LogP contribution is -2.25. The monoisotopic (exact) mass is 215 g/mol. The summed E-state index contributed by atoms with van der Waals surface area (Å²) in [6, 6.07) is 0.228. The lowest BCUT2D eigenvalue weighted by molar-refractivity contribution is 0.432. The van der Waals surface area contributed by atoms with Crippen LogP contribution in [0, 0.1) is 11.8 Å². The van der Waals surface area contributed by atoms with E-state index in [9.17, 15) is 4.79 Å². The average Bonchev–Trinajstić information content (AvgIpc) is 2.54. The molecule has 11 heavy (non-hydrogen) atoms. The van der Waals surface area contributed by atoms with Crippen molar-refractivity contribution in [3.63, 3.8) is 0 Å². The summed E-state index contributed by atoms with van der Waals surface area (Å²) in [6.07, 6.45) is 5.49. The van der Waals surface area contributed by atoms with Crippen LogP contribution in [0.2, 0.25) is 0 Å². The highest BCUT2D eigenvalue weighted by atomic mass is 79.9. The van der Waals surface area contributed by atoms with Crippen molar-refractivity contribution in [1.29, 1.82) is 0 Å². The fourth-order valence-corrected chi connectivity index (χ4v) is 3.46. The van der Waals surface area contributed by atoms with Crippen LogP contribution in [0.1, 0.15) is 19.3 Å². The summed E-state index contributed by atoms with van der Waals surface area (Å²) < 4.78 is 0. The molecule has 0 aromatic carbocycles. The Kier molecular flexibility index (Phi) is 1.86. The Hall–Kier alpha value is -0.140. The first-order chi connectivity index (χ1) is 5.33. The number of fused-ring (bicyclic) bond motifs is 2. The van der Waals surface area contributed by atoms with Gasteiger partial charge in [-0.1, -0.05) is 15.9 Å². The smallest absolute Gasteiger partial charge is 0.211 e. The number of halogens is 1. The maximum Gasteiger partial charge on any atom is 0.235 e. The van der Waals surface area contributed by atoms with Crippen molar-refractivity contribution >= 4 is 22.0 Å². The third-order valence-electron chi connectivity index (χ3n) is 2.98. The lowest BCUT2D eigenvalue weighted by atomic mass is 9.96. The lowest BCUT2D eigenvalue weighted by Gasteiger charge is -2.21. The third kappa shape index (κ3) is 1.07. The van der Waals surface area contributed by atoms with Crippen LogP contribution in [-0.2, 0) is 4.79 Å². The number of rotatable bonds is 1. The summed E-state index contributed by atoms with van der Waals surface area (Å²) in [5.74, 6) is 1.42. The molecule has 0 aromatic heterocycles. The van der Waals surface area contributed by atoms with Gasteiger partial charge >= 0.3 is 0 Å². The Bertz CT molecular complexity index is 210. The SMILES string of the molecule is O=C=NC1C2CCC(C2)C1Br. The predicted octanol–water partition coefficient (Wildman–Crippen LogP) is 1.88. The maximum absolute atomic E-state index is 10.1. The van der Waals surface area contributed by atoms with Gasteiger partial charge in [0.05, 0.1) is 6.04 Å². The summed E-state index contributed by atoms with van der Waals surface area (Å²) in [4.78, 5) is 14.4. The molecule has 3 heteroatoms. The highest BCUT2D eigenvalue weighted by Gasteiger charge is 2.46. The zero-order valence-corrected chi connectivity index (χ0v) is 7.75. The molecular weight excluding hydrogens is 206 g/mol. The molecular formula is C8H10BrNO. The Labute approximate surface area is 74.2 Å². The molecule has 0 N–H and O–H groups in total. The van der Waals surface area contributed by atoms with E-state index in [1.807, 2.05) is 0 Å². The van der Waals surface area contributed by atoms with E-state index in [2.05, 4.69) is 20.9 Å². The Morgan fingerprint density at radius 1 is 1.36 bits per heavy atom. The van der Waals surface area contributed by atoms with Gasteiger partial charge in [-0.15, -0.1) is 0 Å². The largest absolute Gasteiger partial charge is 0.235 e. The van der Waals surface area contributed by atoms with Crippen molar-refractivity contribution in [1.82, 2.24) is 0 Å². The number of isocyanates is 1. The van der Waals surface area contributed by atoms with Gasteiger partial charge in [0.1, 0.15) is 0 Å². The molecule has 2 saturated carbocycles. The van der Waals surface area contributed by atoms with E-state index in [1.165, 1.54) is 19.3 Å². The standard InChI is InChI=1S/C8H10BrNO/c9-7-5-1-2-6(3-5)8(7)10-4-11/h5-8H,1-3H2. The highest BCUT2D eigenvalue weighted by molar-refractivity contribution is 9.09. The minimum Gasteiger partial charge on any atom is -0.211 e. The molecule has 0 aromatic rings. The third-order valence-corrected chi connectivity index (χ3v) is 4.26. The summed E-state index contributed by atoms with van der Waals surface area (Å²) >= 11 is 3.59. The van der Waals surface area contributed by atoms with Crippen LogP contribution in [0.15, 0.2) is 4.99 Å². The molecule has 2 aliphatic rings. The Balaban J connectivity index is 2.17. The van der Waals surface area contributed by atoms with E-state index in [1.54, 1.807) is 6.08 Å². The zero-order chi connectivity index (χ0) is 7.84. The van der Waals surface area contributed by atoms with Crippen LogP contribution in [0.4, 0.5) is 0 Å². The van der Waals surface area contributed by atoms with Crippen molar-refractivity contribution in [2.24, 2.45) is 16.8 Å². The van der Waals surface area contributed by atoms with Crippen molar-refractivity contribution < 1.29 is 4.79 Å². The van der Waals surface area contributed by atoms with E-state index in [4.69, 9.17) is 0 Å². The molecule has 0 heterocycles. The van der Waals surface area contributed by atoms with Gasteiger partial charge in [-0.05, 0) is 31.1 Å². The minimum absolute atomic E-state index is 0.228. The zero-order valence-electron chi connectivity index (χ0n) is 6.16. The van der Waals surface area contributed by atoms with Crippen LogP contribution in [0.5, 0.6) is 0 Å². The fraction of sp³-hybridized carbons (Fsp3) is 0.875. The number of alkyl halides is 1. The predicted molar refractivity (Wildman–Crippen MR) is 45.5 cm³/mol. The van der Waals surface area contributed by atoms with Crippen molar-refractivity contribution in [3.05, 3.63) is 0 Å². The van der Waals surface area contributed by atoms with Crippen molar-refractivity contribution in [2.75, 3.05) is 0 Å². The highest BCUT2D eigenvalue weighted by Crippen LogP contribution is 2.49. The summed E-state index contributed by atoms with van der Waals surface area (Å²) in [5, 5.41) is 0. The fourth-order valence-electron chi connectivity index (χ4n) is 2.43. The van der Waals surface area contributed by atoms with E-state index in [0.29, 0.717) is 10.7 Å². The van der Waals surface area contributed by atoms with Crippen LogP contribution < -0.4 is 0 Å². The second-order valence-corrected chi connectivity index (χ2v) is 4.55. The summed E-state index contributed by atoms with van der Waals surface area (Å²) in [5.41, 5.74) is 0. The first-order valence-electron chi connectivity index (χ1n) is 4.04. The van der Waals surface area contributed by atoms with Crippen LogP contribution >= 0.6 is 15.9 Å². The minimum atomic E-state index is 0.228. The number of hydrogen-bond acceptors (Lipinski definition) is 2. The Morgan fingerprint density at radius 3 is 2.64 bits per heavy atom. The molecule has 2 aliphatic carbocycles. The van der Waals surface area contributed by atoms with Gasteiger partial charge < -0.3 is 0 Å². The van der Waals surface area contributed by atoms with Gasteiger partial charge in [-0.25, -0.2) is 9.79 Å². The molecule has 2 fully saturated rings. The van der Waals surface area contributed by atoms with Gasteiger partial charge in [-0.2, -0.15) is 0 Å². The number of carbonyl (C=O) groups excluding carboxylic acids is 1. The molecule has 0 amide bonds. The van der Waals surface area contributed by atoms with E-state index < -0.39 is 0 Å². The molecule has 2 bridgehead atoms. The van der Waals surface area contributed by atoms with E-state index in [0.717, 1.165) is 5.92 Å². The average molecular weight is 216 g/mol. The maximum atomic E-state index is 10.1. The molecule has 0 saturated heterocycles. The number of hydrogen-bond donors (Lipinski definition) is 0. The van der Waals surface area contributed by atoms with Gasteiger partial charge in [0.2, 0.25) is 6.08 Å². The van der Waals surface area contributed by atoms with Crippen LogP contribution in [0.3, 0.4) is 0 Å². The molecule has 0 aliphatic heterocycles. The molecule has 60 valence electrons.